The molecule has 2 aliphatic heterocycles. The summed E-state index contributed by atoms with van der Waals surface area (Å²) in [6.07, 6.45) is -3.39. The molecule has 5 nitrogen and oxygen atoms in total. The first-order valence-electron chi connectivity index (χ1n) is 8.91. The molecule has 2 aliphatic rings. The Morgan fingerprint density at radius 3 is 2.85 bits per heavy atom. The predicted molar refractivity (Wildman–Crippen MR) is 88.9 cm³/mol. The predicted octanol–water partition coefficient (Wildman–Crippen LogP) is 3.32. The normalized spacial score (nSPS) is 20.0. The number of benzene rings is 1. The highest BCUT2D eigenvalue weighted by Gasteiger charge is 2.34. The number of rotatable bonds is 3. The number of halogens is 3. The fourth-order valence-electron chi connectivity index (χ4n) is 3.56. The molecule has 144 valence electrons. The van der Waals surface area contributed by atoms with Gasteiger partial charge < -0.3 is 14.1 Å². The summed E-state index contributed by atoms with van der Waals surface area (Å²) in [6.45, 7) is 1.94. The van der Waals surface area contributed by atoms with Crippen molar-refractivity contribution in [1.82, 2.24) is 9.88 Å². The van der Waals surface area contributed by atoms with Crippen molar-refractivity contribution in [2.24, 2.45) is 0 Å². The van der Waals surface area contributed by atoms with E-state index in [0.29, 0.717) is 37.8 Å². The Bertz CT molecular complexity index is 841. The van der Waals surface area contributed by atoms with Crippen molar-refractivity contribution in [2.45, 2.75) is 37.9 Å². The maximum Gasteiger partial charge on any atom is 0.416 e. The minimum Gasteiger partial charge on any atom is -0.445 e. The molecule has 4 rings (SSSR count). The second kappa shape index (κ2) is 6.99. The molecule has 0 radical (unpaired) electrons. The van der Waals surface area contributed by atoms with E-state index in [2.05, 4.69) is 4.98 Å². The first kappa shape index (κ1) is 18.0. The lowest BCUT2D eigenvalue weighted by molar-refractivity contribution is -0.138. The molecule has 0 spiro atoms. The quantitative estimate of drug-likeness (QED) is 0.820. The second-order valence-electron chi connectivity index (χ2n) is 6.88. The number of hydrogen-bond donors (Lipinski definition) is 0. The molecule has 3 heterocycles. The van der Waals surface area contributed by atoms with Crippen LogP contribution >= 0.6 is 0 Å². The highest BCUT2D eigenvalue weighted by Crippen LogP contribution is 2.33. The van der Waals surface area contributed by atoms with Crippen LogP contribution in [0.3, 0.4) is 0 Å². The van der Waals surface area contributed by atoms with Gasteiger partial charge in [0.15, 0.2) is 5.89 Å². The number of hydrogen-bond acceptors (Lipinski definition) is 4. The Labute approximate surface area is 154 Å². The van der Waals surface area contributed by atoms with Gasteiger partial charge >= 0.3 is 6.18 Å². The van der Waals surface area contributed by atoms with Crippen molar-refractivity contribution in [3.63, 3.8) is 0 Å². The Hall–Kier alpha value is -2.35. The lowest BCUT2D eigenvalue weighted by atomic mass is 10.0. The fraction of sp³-hybridized carbons (Fsp3) is 0.474. The summed E-state index contributed by atoms with van der Waals surface area (Å²) in [5.41, 5.74) is -0.0775. The van der Waals surface area contributed by atoms with Crippen LogP contribution in [0.1, 0.15) is 40.8 Å². The number of oxazole rings is 1. The van der Waals surface area contributed by atoms with Crippen molar-refractivity contribution in [3.8, 4) is 0 Å². The number of ether oxygens (including phenoxy) is 1. The van der Waals surface area contributed by atoms with Gasteiger partial charge in [-0.3, -0.25) is 4.79 Å². The van der Waals surface area contributed by atoms with E-state index in [0.717, 1.165) is 18.2 Å². The van der Waals surface area contributed by atoms with Crippen molar-refractivity contribution in [1.29, 1.82) is 0 Å². The zero-order valence-electron chi connectivity index (χ0n) is 14.6. The van der Waals surface area contributed by atoms with Gasteiger partial charge in [-0.25, -0.2) is 4.98 Å². The maximum atomic E-state index is 13.1. The molecule has 1 aromatic heterocycles. The molecule has 1 saturated heterocycles. The minimum atomic E-state index is -4.48. The Morgan fingerprint density at radius 1 is 1.30 bits per heavy atom. The molecule has 1 amide bonds. The van der Waals surface area contributed by atoms with E-state index >= 15 is 0 Å². The fourth-order valence-corrected chi connectivity index (χ4v) is 3.56. The third-order valence-corrected chi connectivity index (χ3v) is 5.04. The smallest absolute Gasteiger partial charge is 0.416 e. The molecule has 2 aromatic rings. The largest absolute Gasteiger partial charge is 0.445 e. The zero-order valence-corrected chi connectivity index (χ0v) is 14.6. The van der Waals surface area contributed by atoms with E-state index in [1.807, 2.05) is 0 Å². The van der Waals surface area contributed by atoms with Gasteiger partial charge in [0.2, 0.25) is 5.91 Å². The SMILES string of the molecule is O=C(Cc1ccccc1C(F)(F)F)N1CCc2oc(C3CCOC3)nc2C1. The topological polar surface area (TPSA) is 55.6 Å². The van der Waals surface area contributed by atoms with Gasteiger partial charge in [0, 0.05) is 19.6 Å². The van der Waals surface area contributed by atoms with Crippen molar-refractivity contribution >= 4 is 5.91 Å². The van der Waals surface area contributed by atoms with Gasteiger partial charge in [-0.05, 0) is 18.1 Å². The number of fused-ring (bicyclic) bond motifs is 1. The molecule has 8 heteroatoms. The molecule has 0 N–H and O–H groups in total. The maximum absolute atomic E-state index is 13.1. The monoisotopic (exact) mass is 380 g/mol. The minimum absolute atomic E-state index is 0.00950. The van der Waals surface area contributed by atoms with Crippen molar-refractivity contribution < 1.29 is 27.1 Å². The second-order valence-corrected chi connectivity index (χ2v) is 6.88. The van der Waals surface area contributed by atoms with Crippen LogP contribution in [0.25, 0.3) is 0 Å². The van der Waals surface area contributed by atoms with Crippen LogP contribution in [0.15, 0.2) is 28.7 Å². The molecule has 1 aromatic carbocycles. The summed E-state index contributed by atoms with van der Waals surface area (Å²) < 4.78 is 50.6. The van der Waals surface area contributed by atoms with Crippen LogP contribution in [0.4, 0.5) is 13.2 Å². The van der Waals surface area contributed by atoms with Gasteiger partial charge in [0.1, 0.15) is 11.5 Å². The van der Waals surface area contributed by atoms with E-state index < -0.39 is 11.7 Å². The number of carbonyl (C=O) groups excluding carboxylic acids is 1. The van der Waals surface area contributed by atoms with E-state index in [1.54, 1.807) is 4.90 Å². The molecule has 1 fully saturated rings. The molecule has 27 heavy (non-hydrogen) atoms. The van der Waals surface area contributed by atoms with Gasteiger partial charge in [0.25, 0.3) is 0 Å². The zero-order chi connectivity index (χ0) is 19.0. The standard InChI is InChI=1S/C19H19F3N2O3/c20-19(21,22)14-4-2-1-3-12(14)9-17(25)24-7-5-16-15(10-24)23-18(27-16)13-6-8-26-11-13/h1-4,13H,5-11H2. The third-order valence-electron chi connectivity index (χ3n) is 5.04. The van der Waals surface area contributed by atoms with Crippen LogP contribution in [0, 0.1) is 0 Å². The van der Waals surface area contributed by atoms with Gasteiger partial charge in [-0.2, -0.15) is 13.2 Å². The number of nitrogens with zero attached hydrogens (tertiary/aromatic N) is 2. The lowest BCUT2D eigenvalue weighted by Crippen LogP contribution is -2.37. The number of amides is 1. The van der Waals surface area contributed by atoms with Crippen molar-refractivity contribution in [3.05, 3.63) is 52.7 Å². The van der Waals surface area contributed by atoms with E-state index in [9.17, 15) is 18.0 Å². The van der Waals surface area contributed by atoms with Gasteiger partial charge in [-0.15, -0.1) is 0 Å². The van der Waals surface area contributed by atoms with Crippen LogP contribution in [0.5, 0.6) is 0 Å². The first-order chi connectivity index (χ1) is 12.9. The lowest BCUT2D eigenvalue weighted by Gasteiger charge is -2.26. The summed E-state index contributed by atoms with van der Waals surface area (Å²) in [7, 11) is 0. The number of carbonyl (C=O) groups is 1. The Morgan fingerprint density at radius 2 is 2.11 bits per heavy atom. The molecular weight excluding hydrogens is 361 g/mol. The number of alkyl halides is 3. The van der Waals surface area contributed by atoms with Crippen LogP contribution in [-0.2, 0) is 35.1 Å². The summed E-state index contributed by atoms with van der Waals surface area (Å²) in [4.78, 5) is 18.7. The van der Waals surface area contributed by atoms with Gasteiger partial charge in [0.05, 0.1) is 31.1 Å². The van der Waals surface area contributed by atoms with Crippen LogP contribution < -0.4 is 0 Å². The van der Waals surface area contributed by atoms with E-state index in [4.69, 9.17) is 9.15 Å². The molecule has 1 unspecified atom stereocenters. The molecule has 1 atom stereocenters. The number of aromatic nitrogens is 1. The average molecular weight is 380 g/mol. The third kappa shape index (κ3) is 3.71. The van der Waals surface area contributed by atoms with E-state index in [-0.39, 0.29) is 30.4 Å². The Kier molecular flexibility index (Phi) is 4.67. The van der Waals surface area contributed by atoms with Gasteiger partial charge in [-0.1, -0.05) is 18.2 Å². The highest BCUT2D eigenvalue weighted by atomic mass is 19.4. The molecule has 0 aliphatic carbocycles. The molecule has 0 bridgehead atoms. The average Bonchev–Trinajstić information content (AvgIpc) is 3.30. The Balaban J connectivity index is 1.47. The first-order valence-corrected chi connectivity index (χ1v) is 8.91. The molecular formula is C19H19F3N2O3. The van der Waals surface area contributed by atoms with Crippen LogP contribution in [-0.4, -0.2) is 35.5 Å². The summed E-state index contributed by atoms with van der Waals surface area (Å²) in [5, 5.41) is 0. The summed E-state index contributed by atoms with van der Waals surface area (Å²) in [6, 6.07) is 5.20. The molecule has 0 saturated carbocycles. The summed E-state index contributed by atoms with van der Waals surface area (Å²) >= 11 is 0. The summed E-state index contributed by atoms with van der Waals surface area (Å²) in [5.74, 6) is 1.19. The van der Waals surface area contributed by atoms with Crippen molar-refractivity contribution in [2.75, 3.05) is 19.8 Å². The van der Waals surface area contributed by atoms with Crippen LogP contribution in [0.2, 0.25) is 0 Å². The highest BCUT2D eigenvalue weighted by molar-refractivity contribution is 5.79. The van der Waals surface area contributed by atoms with E-state index in [1.165, 1.54) is 18.2 Å².